The summed E-state index contributed by atoms with van der Waals surface area (Å²) >= 11 is 7.01. The van der Waals surface area contributed by atoms with Crippen molar-refractivity contribution in [3.05, 3.63) is 132 Å². The van der Waals surface area contributed by atoms with E-state index in [0.29, 0.717) is 38.4 Å². The number of nitrogens with zero attached hydrogens (tertiary/aromatic N) is 6. The molecule has 0 bridgehead atoms. The third kappa shape index (κ3) is 10.5. The van der Waals surface area contributed by atoms with E-state index in [9.17, 15) is 30.5 Å². The predicted octanol–water partition coefficient (Wildman–Crippen LogP) is 6.61. The van der Waals surface area contributed by atoms with E-state index in [-0.39, 0.29) is 51.4 Å². The van der Waals surface area contributed by atoms with Crippen molar-refractivity contribution in [3.63, 3.8) is 0 Å². The molecule has 0 atom stereocenters. The average molecular weight is 882 g/mol. The molecule has 280 valence electrons. The van der Waals surface area contributed by atoms with Gasteiger partial charge in [0.05, 0.1) is 13.2 Å². The molecule has 0 unspecified atom stereocenters. The minimum absolute atomic E-state index is 0. The molecule has 0 N–H and O–H groups in total. The van der Waals surface area contributed by atoms with Gasteiger partial charge in [-0.3, -0.25) is 22.1 Å². The monoisotopic (exact) mass is 880 g/mol. The zero-order valence-electron chi connectivity index (χ0n) is 29.6. The van der Waals surface area contributed by atoms with Crippen molar-refractivity contribution in [1.29, 1.82) is 0 Å². The van der Waals surface area contributed by atoms with Crippen LogP contribution in [0.25, 0.3) is 10.0 Å². The number of fused-ring (bicyclic) bond motifs is 6. The first-order chi connectivity index (χ1) is 25.2. The molecule has 0 saturated carbocycles. The van der Waals surface area contributed by atoms with Crippen LogP contribution in [0.15, 0.2) is 40.9 Å². The number of rotatable bonds is 2. The summed E-state index contributed by atoms with van der Waals surface area (Å²) in [6, 6.07) is 7.57. The second-order valence-corrected chi connectivity index (χ2v) is 14.8. The predicted molar refractivity (Wildman–Crippen MR) is 191 cm³/mol. The van der Waals surface area contributed by atoms with Crippen molar-refractivity contribution in [2.45, 2.75) is 60.5 Å². The number of ether oxygens (including phenoxy) is 2. The van der Waals surface area contributed by atoms with Gasteiger partial charge >= 0.3 is 58.9 Å². The fourth-order valence-corrected chi connectivity index (χ4v) is 8.48. The maximum absolute atomic E-state index is 13.5. The summed E-state index contributed by atoms with van der Waals surface area (Å²) in [5.41, 5.74) is 4.59. The molecule has 54 heavy (non-hydrogen) atoms. The number of thiophene rings is 2. The Labute approximate surface area is 365 Å². The van der Waals surface area contributed by atoms with Crippen molar-refractivity contribution >= 4 is 46.1 Å². The van der Waals surface area contributed by atoms with Gasteiger partial charge in [-0.05, 0) is 73.3 Å². The van der Waals surface area contributed by atoms with E-state index in [0.717, 1.165) is 66.5 Å². The third-order valence-corrected chi connectivity index (χ3v) is 11.5. The first-order valence-corrected chi connectivity index (χ1v) is 18.1. The Morgan fingerprint density at radius 3 is 1.70 bits per heavy atom. The summed E-state index contributed by atoms with van der Waals surface area (Å²) in [4.78, 5) is 2.39. The van der Waals surface area contributed by atoms with Gasteiger partial charge in [-0.1, -0.05) is 12.1 Å². The van der Waals surface area contributed by atoms with E-state index in [1.165, 1.54) is 33.6 Å². The third-order valence-electron chi connectivity index (χ3n) is 7.87. The quantitative estimate of drug-likeness (QED) is 0.111. The molecule has 4 aromatic heterocycles. The van der Waals surface area contributed by atoms with E-state index in [4.69, 9.17) is 9.47 Å². The molecular formula is C34H30BBrF7KN6O2S2. The van der Waals surface area contributed by atoms with Crippen LogP contribution in [0.3, 0.4) is 0 Å². The Bertz CT molecular complexity index is 2230. The van der Waals surface area contributed by atoms with Gasteiger partial charge in [0.15, 0.2) is 23.3 Å². The molecule has 0 fully saturated rings. The molecule has 6 heterocycles. The van der Waals surface area contributed by atoms with Crippen molar-refractivity contribution in [2.24, 2.45) is 0 Å². The molecule has 6 aromatic rings. The van der Waals surface area contributed by atoms with Gasteiger partial charge in [0.2, 0.25) is 0 Å². The van der Waals surface area contributed by atoms with E-state index in [1.54, 1.807) is 28.7 Å². The molecular weight excluding hydrogens is 851 g/mol. The molecule has 2 aromatic carbocycles. The number of benzene rings is 2. The molecule has 8 nitrogen and oxygen atoms in total. The summed E-state index contributed by atoms with van der Waals surface area (Å²) < 4.78 is 96.5. The average Bonchev–Trinajstić information content (AvgIpc) is 3.74. The number of aromatic nitrogens is 6. The number of hydrogen-bond acceptors (Lipinski definition) is 8. The van der Waals surface area contributed by atoms with Crippen LogP contribution in [0.1, 0.15) is 60.9 Å². The molecule has 0 radical (unpaired) electrons. The van der Waals surface area contributed by atoms with Gasteiger partial charge in [0, 0.05) is 25.4 Å². The summed E-state index contributed by atoms with van der Waals surface area (Å²) in [6.07, 6.45) is 0.536. The van der Waals surface area contributed by atoms with Crippen LogP contribution in [0, 0.1) is 57.9 Å². The molecule has 0 amide bonds. The van der Waals surface area contributed by atoms with Gasteiger partial charge in [0.25, 0.3) is 0 Å². The maximum Gasteiger partial charge on any atom is 1.00 e. The molecule has 20 heteroatoms. The molecule has 0 aliphatic carbocycles. The number of hydrogen-bond donors (Lipinski definition) is 0. The fourth-order valence-electron chi connectivity index (χ4n) is 5.44. The van der Waals surface area contributed by atoms with Crippen LogP contribution in [0.5, 0.6) is 0 Å². The Balaban J connectivity index is 0.000000186. The van der Waals surface area contributed by atoms with Crippen molar-refractivity contribution in [3.8, 4) is 10.0 Å². The number of aryl methyl sites for hydroxylation is 4. The van der Waals surface area contributed by atoms with Crippen LogP contribution < -0.4 is 51.4 Å². The van der Waals surface area contributed by atoms with Crippen molar-refractivity contribution in [2.75, 3.05) is 0 Å². The number of halogens is 8. The van der Waals surface area contributed by atoms with Crippen molar-refractivity contribution < 1.29 is 91.4 Å². The molecule has 2 aliphatic heterocycles. The minimum Gasteiger partial charge on any atom is -0.369 e. The van der Waals surface area contributed by atoms with Gasteiger partial charge in [-0.25, -0.2) is 17.6 Å². The summed E-state index contributed by atoms with van der Waals surface area (Å²) in [5, 5.41) is 18.8. The Morgan fingerprint density at radius 1 is 0.704 bits per heavy atom. The zero-order chi connectivity index (χ0) is 38.6. The van der Waals surface area contributed by atoms with Crippen LogP contribution in [-0.2, 0) is 42.3 Å². The normalized spacial score (nSPS) is 12.4. The van der Waals surface area contributed by atoms with Gasteiger partial charge < -0.3 is 9.47 Å². The second kappa shape index (κ2) is 19.6. The van der Waals surface area contributed by atoms with Crippen LogP contribution in [-0.4, -0.2) is 37.1 Å². The van der Waals surface area contributed by atoms with Gasteiger partial charge in [0.1, 0.15) is 46.5 Å². The summed E-state index contributed by atoms with van der Waals surface area (Å²) in [7, 11) is -3.67. The van der Waals surface area contributed by atoms with Gasteiger partial charge in [-0.2, -0.15) is 18.6 Å². The fraction of sp³-hybridized carbons (Fsp3) is 0.265. The SMILES string of the molecule is Cc1sc2c(c1Br)COCc1nnc(C)n1-2.Cc1sc2c(c1Cc1ccc(F)c(F)c1)COCc1nnc(C)n1-2.FB(F)F.[CH2-]c1ccc(F)c(F)c1.[K+]. The van der Waals surface area contributed by atoms with Crippen LogP contribution >= 0.6 is 38.6 Å². The smallest absolute Gasteiger partial charge is 0.369 e. The first-order valence-electron chi connectivity index (χ1n) is 15.7. The Kier molecular flexibility index (Phi) is 16.1. The summed E-state index contributed by atoms with van der Waals surface area (Å²) in [5.74, 6) is 0.0713. The standard InChI is InChI=1S/C17H15F2N3OS.C10H10BrN3OS.C7H5F2.BF3.K/c1-9-12(5-11-3-4-14(18)15(19)6-11)13-7-23-8-16-21-20-10(2)22(16)17(13)24-9;1-5-9(11)7-3-15-4-8-13-12-6(2)14(8)10(7)16-5;1-5-2-3-6(8)7(9)4-5;2-1(3)4;/h3-4,6H,5,7-8H2,1-2H3;3-4H2,1-2H3;2-4H,1H2;;/q;;-1;;+1. The molecule has 0 spiro atoms. The van der Waals surface area contributed by atoms with Crippen LogP contribution in [0.4, 0.5) is 30.5 Å². The first kappa shape index (κ1) is 44.3. The Morgan fingerprint density at radius 2 is 1.19 bits per heavy atom. The molecule has 8 rings (SSSR count). The van der Waals surface area contributed by atoms with E-state index < -0.39 is 30.8 Å². The Hall–Kier alpha value is -2.40. The zero-order valence-corrected chi connectivity index (χ0v) is 36.0. The maximum atomic E-state index is 13.5. The second-order valence-electron chi connectivity index (χ2n) is 11.6. The summed E-state index contributed by atoms with van der Waals surface area (Å²) in [6.45, 7) is 13.5. The van der Waals surface area contributed by atoms with E-state index in [2.05, 4.69) is 54.7 Å². The van der Waals surface area contributed by atoms with Gasteiger partial charge in [-0.15, -0.1) is 49.1 Å². The molecule has 0 saturated heterocycles. The van der Waals surface area contributed by atoms with E-state index in [1.807, 2.05) is 25.3 Å². The molecule has 2 aliphatic rings. The minimum atomic E-state index is -3.67. The van der Waals surface area contributed by atoms with E-state index >= 15 is 0 Å². The van der Waals surface area contributed by atoms with Crippen LogP contribution in [0.2, 0.25) is 0 Å². The van der Waals surface area contributed by atoms with Crippen molar-refractivity contribution in [1.82, 2.24) is 29.5 Å². The largest absolute Gasteiger partial charge is 1.00 e. The topological polar surface area (TPSA) is 79.9 Å².